The van der Waals surface area contributed by atoms with E-state index in [1.54, 1.807) is 6.92 Å². The molecule has 0 radical (unpaired) electrons. The molecule has 0 saturated heterocycles. The molecule has 6 nitrogen and oxygen atoms in total. The van der Waals surface area contributed by atoms with E-state index in [1.165, 1.54) is 6.20 Å². The highest BCUT2D eigenvalue weighted by molar-refractivity contribution is 5.95. The summed E-state index contributed by atoms with van der Waals surface area (Å²) in [5.41, 5.74) is 1.12. The number of carbonyl (C=O) groups is 2. The molecule has 100 valence electrons. The van der Waals surface area contributed by atoms with Crippen molar-refractivity contribution in [2.75, 3.05) is 6.54 Å². The largest absolute Gasteiger partial charge is 0.481 e. The molecule has 1 aromatic heterocycles. The second-order valence-corrected chi connectivity index (χ2v) is 4.78. The molecule has 6 heteroatoms. The third-order valence-electron chi connectivity index (χ3n) is 2.69. The third kappa shape index (κ3) is 3.87. The molecule has 1 aromatic rings. The van der Waals surface area contributed by atoms with Crippen LogP contribution >= 0.6 is 0 Å². The minimum Gasteiger partial charge on any atom is -0.481 e. The number of aryl methyl sites for hydroxylation is 1. The van der Waals surface area contributed by atoms with Crippen LogP contribution < -0.4 is 5.32 Å². The average molecular weight is 253 g/mol. The van der Waals surface area contributed by atoms with Crippen molar-refractivity contribution in [3.63, 3.8) is 0 Å². The Kier molecular flexibility index (Phi) is 4.88. The van der Waals surface area contributed by atoms with Gasteiger partial charge in [-0.1, -0.05) is 13.8 Å². The molecule has 0 bridgehead atoms. The zero-order valence-corrected chi connectivity index (χ0v) is 10.9. The van der Waals surface area contributed by atoms with Crippen LogP contribution in [0, 0.1) is 18.8 Å². The van der Waals surface area contributed by atoms with Crippen molar-refractivity contribution in [3.05, 3.63) is 17.5 Å². The number of hydrogen-bond acceptors (Lipinski definition) is 3. The lowest BCUT2D eigenvalue weighted by atomic mass is 9.97. The van der Waals surface area contributed by atoms with Crippen LogP contribution in [0.1, 0.15) is 36.3 Å². The zero-order chi connectivity index (χ0) is 13.7. The van der Waals surface area contributed by atoms with E-state index in [0.717, 1.165) is 0 Å². The Morgan fingerprint density at radius 3 is 2.61 bits per heavy atom. The fourth-order valence-corrected chi connectivity index (χ4v) is 1.73. The van der Waals surface area contributed by atoms with E-state index in [1.807, 2.05) is 13.8 Å². The smallest absolute Gasteiger partial charge is 0.308 e. The Hall–Kier alpha value is -1.85. The molecule has 0 saturated carbocycles. The predicted octanol–water partition coefficient (Wildman–Crippen LogP) is 1.19. The van der Waals surface area contributed by atoms with Crippen LogP contribution in [-0.4, -0.2) is 33.7 Å². The van der Waals surface area contributed by atoms with Gasteiger partial charge in [0, 0.05) is 12.2 Å². The maximum absolute atomic E-state index is 11.8. The molecule has 1 unspecified atom stereocenters. The van der Waals surface area contributed by atoms with Crippen molar-refractivity contribution < 1.29 is 14.7 Å². The van der Waals surface area contributed by atoms with Gasteiger partial charge in [0.1, 0.15) is 0 Å². The summed E-state index contributed by atoms with van der Waals surface area (Å²) in [5, 5.41) is 18.1. The number of carboxylic acid groups (broad SMARTS) is 1. The van der Waals surface area contributed by atoms with Gasteiger partial charge in [-0.05, 0) is 19.3 Å². The number of carbonyl (C=O) groups excluding carboxylic acids is 1. The van der Waals surface area contributed by atoms with Crippen molar-refractivity contribution in [2.24, 2.45) is 11.8 Å². The number of carboxylic acids is 1. The van der Waals surface area contributed by atoms with Gasteiger partial charge in [-0.2, -0.15) is 5.10 Å². The van der Waals surface area contributed by atoms with E-state index < -0.39 is 11.9 Å². The first-order valence-corrected chi connectivity index (χ1v) is 5.92. The van der Waals surface area contributed by atoms with Gasteiger partial charge in [-0.25, -0.2) is 0 Å². The molecule has 0 aromatic carbocycles. The molecular weight excluding hydrogens is 234 g/mol. The number of aromatic amines is 1. The van der Waals surface area contributed by atoms with Crippen molar-refractivity contribution in [2.45, 2.75) is 27.2 Å². The van der Waals surface area contributed by atoms with E-state index in [0.29, 0.717) is 17.7 Å². The molecule has 0 aliphatic heterocycles. The second-order valence-electron chi connectivity index (χ2n) is 4.78. The SMILES string of the molecule is Cc1[nH]ncc1C(=O)NCC(CC(C)C)C(=O)O. The zero-order valence-electron chi connectivity index (χ0n) is 10.9. The summed E-state index contributed by atoms with van der Waals surface area (Å²) in [6.45, 7) is 5.79. The van der Waals surface area contributed by atoms with Gasteiger partial charge < -0.3 is 10.4 Å². The molecule has 0 aliphatic carbocycles. The summed E-state index contributed by atoms with van der Waals surface area (Å²) in [6.07, 6.45) is 1.98. The number of H-pyrrole nitrogens is 1. The normalized spacial score (nSPS) is 12.4. The molecule has 1 heterocycles. The van der Waals surface area contributed by atoms with Crippen molar-refractivity contribution in [1.82, 2.24) is 15.5 Å². The standard InChI is InChI=1S/C12H19N3O3/c1-7(2)4-9(12(17)18)5-13-11(16)10-6-14-15-8(10)3/h6-7,9H,4-5H2,1-3H3,(H,13,16)(H,14,15)(H,17,18). The van der Waals surface area contributed by atoms with E-state index in [-0.39, 0.29) is 18.4 Å². The van der Waals surface area contributed by atoms with Crippen LogP contribution in [0.25, 0.3) is 0 Å². The lowest BCUT2D eigenvalue weighted by Gasteiger charge is -2.15. The summed E-state index contributed by atoms with van der Waals surface area (Å²) < 4.78 is 0. The van der Waals surface area contributed by atoms with Gasteiger partial charge in [-0.3, -0.25) is 14.7 Å². The first-order valence-electron chi connectivity index (χ1n) is 5.92. The van der Waals surface area contributed by atoms with Crippen LogP contribution in [0.5, 0.6) is 0 Å². The summed E-state index contributed by atoms with van der Waals surface area (Å²) >= 11 is 0. The topological polar surface area (TPSA) is 95.1 Å². The first kappa shape index (κ1) is 14.2. The number of nitrogens with one attached hydrogen (secondary N) is 2. The Labute approximate surface area is 106 Å². The van der Waals surface area contributed by atoms with Gasteiger partial charge >= 0.3 is 5.97 Å². The van der Waals surface area contributed by atoms with Gasteiger partial charge in [0.25, 0.3) is 5.91 Å². The van der Waals surface area contributed by atoms with Crippen molar-refractivity contribution >= 4 is 11.9 Å². The van der Waals surface area contributed by atoms with Gasteiger partial charge in [-0.15, -0.1) is 0 Å². The molecule has 1 atom stereocenters. The molecule has 1 rings (SSSR count). The van der Waals surface area contributed by atoms with E-state index >= 15 is 0 Å². The molecule has 0 fully saturated rings. The average Bonchev–Trinajstić information content (AvgIpc) is 2.69. The number of amides is 1. The highest BCUT2D eigenvalue weighted by Gasteiger charge is 2.20. The number of nitrogens with zero attached hydrogens (tertiary/aromatic N) is 1. The maximum atomic E-state index is 11.8. The molecule has 3 N–H and O–H groups in total. The fraction of sp³-hybridized carbons (Fsp3) is 0.583. The highest BCUT2D eigenvalue weighted by atomic mass is 16.4. The van der Waals surface area contributed by atoms with E-state index in [2.05, 4.69) is 15.5 Å². The molecular formula is C12H19N3O3. The van der Waals surface area contributed by atoms with Crippen LogP contribution in [-0.2, 0) is 4.79 Å². The Morgan fingerprint density at radius 1 is 1.50 bits per heavy atom. The minimum atomic E-state index is -0.882. The quantitative estimate of drug-likeness (QED) is 0.709. The Morgan fingerprint density at radius 2 is 2.17 bits per heavy atom. The number of aliphatic carboxylic acids is 1. The van der Waals surface area contributed by atoms with Gasteiger partial charge in [0.2, 0.25) is 0 Å². The third-order valence-corrected chi connectivity index (χ3v) is 2.69. The van der Waals surface area contributed by atoms with Crippen molar-refractivity contribution in [1.29, 1.82) is 0 Å². The lowest BCUT2D eigenvalue weighted by molar-refractivity contribution is -0.142. The summed E-state index contributed by atoms with van der Waals surface area (Å²) in [4.78, 5) is 22.8. The molecule has 0 spiro atoms. The highest BCUT2D eigenvalue weighted by Crippen LogP contribution is 2.11. The van der Waals surface area contributed by atoms with Crippen LogP contribution in [0.2, 0.25) is 0 Å². The number of hydrogen-bond donors (Lipinski definition) is 3. The molecule has 0 aliphatic rings. The summed E-state index contributed by atoms with van der Waals surface area (Å²) in [5.74, 6) is -1.45. The number of rotatable bonds is 6. The Balaban J connectivity index is 2.55. The summed E-state index contributed by atoms with van der Waals surface area (Å²) in [6, 6.07) is 0. The predicted molar refractivity (Wildman–Crippen MR) is 66.2 cm³/mol. The second kappa shape index (κ2) is 6.18. The van der Waals surface area contributed by atoms with Crippen LogP contribution in [0.3, 0.4) is 0 Å². The summed E-state index contributed by atoms with van der Waals surface area (Å²) in [7, 11) is 0. The molecule has 18 heavy (non-hydrogen) atoms. The minimum absolute atomic E-state index is 0.136. The van der Waals surface area contributed by atoms with E-state index in [4.69, 9.17) is 5.11 Å². The fourth-order valence-electron chi connectivity index (χ4n) is 1.73. The molecule has 1 amide bonds. The van der Waals surface area contributed by atoms with Crippen molar-refractivity contribution in [3.8, 4) is 0 Å². The number of aromatic nitrogens is 2. The van der Waals surface area contributed by atoms with E-state index in [9.17, 15) is 9.59 Å². The van der Waals surface area contributed by atoms with Crippen LogP contribution in [0.4, 0.5) is 0 Å². The Bertz CT molecular complexity index is 426. The van der Waals surface area contributed by atoms with Crippen LogP contribution in [0.15, 0.2) is 6.20 Å². The lowest BCUT2D eigenvalue weighted by Crippen LogP contribution is -2.33. The first-order chi connectivity index (χ1) is 8.41. The van der Waals surface area contributed by atoms with Gasteiger partial charge in [0.05, 0.1) is 17.7 Å². The van der Waals surface area contributed by atoms with Gasteiger partial charge in [0.15, 0.2) is 0 Å². The monoisotopic (exact) mass is 253 g/mol. The maximum Gasteiger partial charge on any atom is 0.308 e.